The number of allylic oxidation sites excluding steroid dienone is 1. The molecule has 0 aliphatic rings. The number of benzene rings is 2. The molecule has 0 atom stereocenters. The molecule has 0 spiro atoms. The molecule has 148 valence electrons. The average molecular weight is 421 g/mol. The fourth-order valence-corrected chi connectivity index (χ4v) is 2.79. The van der Waals surface area contributed by atoms with Crippen LogP contribution in [0.4, 0.5) is 11.4 Å². The number of halogens is 2. The molecule has 0 heterocycles. The first-order chi connectivity index (χ1) is 13.2. The van der Waals surface area contributed by atoms with Crippen LogP contribution in [0.5, 0.6) is 0 Å². The van der Waals surface area contributed by atoms with E-state index >= 15 is 0 Å². The molecule has 0 saturated carbocycles. The monoisotopic (exact) mass is 420 g/mol. The lowest BCUT2D eigenvalue weighted by molar-refractivity contribution is -0.111. The Balaban J connectivity index is 2.29. The van der Waals surface area contributed by atoms with Gasteiger partial charge >= 0.3 is 5.97 Å². The number of hydrogen-bond donors (Lipinski definition) is 1. The fraction of sp³-hybridized carbons (Fsp3) is 0.238. The van der Waals surface area contributed by atoms with Crippen LogP contribution in [0, 0.1) is 0 Å². The van der Waals surface area contributed by atoms with Gasteiger partial charge in [0.15, 0.2) is 0 Å². The minimum Gasteiger partial charge on any atom is -0.462 e. The minimum absolute atomic E-state index is 0.245. The Morgan fingerprint density at radius 1 is 1.11 bits per heavy atom. The summed E-state index contributed by atoms with van der Waals surface area (Å²) in [6.07, 6.45) is 1.44. The van der Waals surface area contributed by atoms with Gasteiger partial charge in [-0.1, -0.05) is 29.3 Å². The van der Waals surface area contributed by atoms with E-state index < -0.39 is 5.97 Å². The van der Waals surface area contributed by atoms with Gasteiger partial charge < -0.3 is 15.0 Å². The number of anilines is 2. The number of nitrogens with zero attached hydrogens (tertiary/aromatic N) is 1. The smallest absolute Gasteiger partial charge is 0.340 e. The van der Waals surface area contributed by atoms with Crippen molar-refractivity contribution in [1.82, 2.24) is 0 Å². The lowest BCUT2D eigenvalue weighted by atomic mass is 10.1. The molecule has 1 N–H and O–H groups in total. The zero-order chi connectivity index (χ0) is 20.8. The number of esters is 1. The van der Waals surface area contributed by atoms with Crippen LogP contribution in [0.15, 0.2) is 42.5 Å². The van der Waals surface area contributed by atoms with Crippen LogP contribution in [0.25, 0.3) is 5.57 Å². The zero-order valence-corrected chi connectivity index (χ0v) is 17.7. The fourth-order valence-electron chi connectivity index (χ4n) is 2.49. The van der Waals surface area contributed by atoms with Crippen LogP contribution in [0.1, 0.15) is 29.8 Å². The minimum atomic E-state index is -0.494. The van der Waals surface area contributed by atoms with Crippen molar-refractivity contribution in [3.8, 4) is 0 Å². The Morgan fingerprint density at radius 2 is 1.82 bits per heavy atom. The second kappa shape index (κ2) is 9.62. The lowest BCUT2D eigenvalue weighted by Gasteiger charge is -2.16. The molecule has 28 heavy (non-hydrogen) atoms. The van der Waals surface area contributed by atoms with Gasteiger partial charge in [0.2, 0.25) is 5.91 Å². The summed E-state index contributed by atoms with van der Waals surface area (Å²) in [7, 11) is 3.73. The van der Waals surface area contributed by atoms with Crippen LogP contribution >= 0.6 is 23.2 Å². The van der Waals surface area contributed by atoms with Gasteiger partial charge in [-0.3, -0.25) is 4.79 Å². The number of carbonyl (C=O) groups is 2. The van der Waals surface area contributed by atoms with Crippen LogP contribution in [0.2, 0.25) is 10.0 Å². The predicted molar refractivity (Wildman–Crippen MR) is 115 cm³/mol. The standard InChI is InChI=1S/C21H22Cl2N2O3/c1-5-28-21(27)16-12-15(25(3)4)7-9-19(16)24-20(26)10-13(2)14-6-8-17(22)18(23)11-14/h6-12H,5H2,1-4H3,(H,24,26). The van der Waals surface area contributed by atoms with Gasteiger partial charge in [0.1, 0.15) is 0 Å². The van der Waals surface area contributed by atoms with E-state index in [1.54, 1.807) is 44.2 Å². The molecule has 0 aliphatic heterocycles. The van der Waals surface area contributed by atoms with Crippen LogP contribution in [-0.2, 0) is 9.53 Å². The van der Waals surface area contributed by atoms with Crippen molar-refractivity contribution in [1.29, 1.82) is 0 Å². The normalized spacial score (nSPS) is 11.1. The summed E-state index contributed by atoms with van der Waals surface area (Å²) in [4.78, 5) is 26.7. The molecule has 0 radical (unpaired) electrons. The van der Waals surface area contributed by atoms with Gasteiger partial charge in [-0.25, -0.2) is 4.79 Å². The molecule has 5 nitrogen and oxygen atoms in total. The third kappa shape index (κ3) is 5.50. The molecule has 2 aromatic carbocycles. The number of ether oxygens (including phenoxy) is 1. The number of nitrogens with one attached hydrogen (secondary N) is 1. The maximum Gasteiger partial charge on any atom is 0.340 e. The summed E-state index contributed by atoms with van der Waals surface area (Å²) in [5.41, 5.74) is 2.98. The Bertz CT molecular complexity index is 924. The van der Waals surface area contributed by atoms with Crippen molar-refractivity contribution in [3.05, 3.63) is 63.6 Å². The number of rotatable bonds is 6. The molecule has 0 fully saturated rings. The molecule has 2 rings (SSSR count). The van der Waals surface area contributed by atoms with Crippen molar-refractivity contribution in [2.45, 2.75) is 13.8 Å². The summed E-state index contributed by atoms with van der Waals surface area (Å²) in [6, 6.07) is 10.3. The van der Waals surface area contributed by atoms with Gasteiger partial charge in [0, 0.05) is 25.9 Å². The molecule has 1 amide bonds. The molecule has 0 unspecified atom stereocenters. The molecule has 0 aromatic heterocycles. The number of carbonyl (C=O) groups excluding carboxylic acids is 2. The van der Waals surface area contributed by atoms with E-state index in [0.29, 0.717) is 26.9 Å². The second-order valence-electron chi connectivity index (χ2n) is 6.29. The van der Waals surface area contributed by atoms with E-state index in [2.05, 4.69) is 5.32 Å². The second-order valence-corrected chi connectivity index (χ2v) is 7.10. The molecular formula is C21H22Cl2N2O3. The van der Waals surface area contributed by atoms with E-state index in [4.69, 9.17) is 27.9 Å². The zero-order valence-electron chi connectivity index (χ0n) is 16.2. The highest BCUT2D eigenvalue weighted by molar-refractivity contribution is 6.42. The van der Waals surface area contributed by atoms with E-state index in [9.17, 15) is 9.59 Å². The van der Waals surface area contributed by atoms with Gasteiger partial charge in [-0.2, -0.15) is 0 Å². The van der Waals surface area contributed by atoms with E-state index in [-0.39, 0.29) is 12.5 Å². The summed E-state index contributed by atoms with van der Waals surface area (Å²) >= 11 is 12.0. The molecular weight excluding hydrogens is 399 g/mol. The lowest BCUT2D eigenvalue weighted by Crippen LogP contribution is -2.16. The topological polar surface area (TPSA) is 58.6 Å². The predicted octanol–water partition coefficient (Wildman–Crippen LogP) is 5.28. The third-order valence-electron chi connectivity index (χ3n) is 4.00. The van der Waals surface area contributed by atoms with E-state index in [1.807, 2.05) is 25.1 Å². The van der Waals surface area contributed by atoms with E-state index in [1.165, 1.54) is 6.08 Å². The quantitative estimate of drug-likeness (QED) is 0.510. The summed E-state index contributed by atoms with van der Waals surface area (Å²) in [5, 5.41) is 3.61. The molecule has 0 saturated heterocycles. The van der Waals surface area contributed by atoms with Gasteiger partial charge in [-0.15, -0.1) is 0 Å². The third-order valence-corrected chi connectivity index (χ3v) is 4.73. The van der Waals surface area contributed by atoms with Crippen molar-refractivity contribution in [3.63, 3.8) is 0 Å². The first-order valence-electron chi connectivity index (χ1n) is 8.66. The van der Waals surface area contributed by atoms with Crippen molar-refractivity contribution in [2.75, 3.05) is 30.9 Å². The Hall–Kier alpha value is -2.50. The summed E-state index contributed by atoms with van der Waals surface area (Å²) in [6.45, 7) is 3.77. The summed E-state index contributed by atoms with van der Waals surface area (Å²) < 4.78 is 5.11. The highest BCUT2D eigenvalue weighted by Crippen LogP contribution is 2.27. The molecule has 0 aliphatic carbocycles. The highest BCUT2D eigenvalue weighted by Gasteiger charge is 2.16. The van der Waals surface area contributed by atoms with Crippen molar-refractivity contribution in [2.24, 2.45) is 0 Å². The van der Waals surface area contributed by atoms with Crippen LogP contribution in [-0.4, -0.2) is 32.6 Å². The Labute approximate surface area is 174 Å². The maximum atomic E-state index is 12.5. The van der Waals surface area contributed by atoms with E-state index in [0.717, 1.165) is 11.3 Å². The van der Waals surface area contributed by atoms with Crippen molar-refractivity contribution < 1.29 is 14.3 Å². The van der Waals surface area contributed by atoms with Crippen LogP contribution < -0.4 is 10.2 Å². The maximum absolute atomic E-state index is 12.5. The van der Waals surface area contributed by atoms with Gasteiger partial charge in [0.25, 0.3) is 0 Å². The van der Waals surface area contributed by atoms with Crippen molar-refractivity contribution >= 4 is 52.0 Å². The Kier molecular flexibility index (Phi) is 7.49. The van der Waals surface area contributed by atoms with Crippen LogP contribution in [0.3, 0.4) is 0 Å². The highest BCUT2D eigenvalue weighted by atomic mass is 35.5. The Morgan fingerprint density at radius 3 is 2.43 bits per heavy atom. The molecule has 0 bridgehead atoms. The first-order valence-corrected chi connectivity index (χ1v) is 9.41. The van der Waals surface area contributed by atoms with Gasteiger partial charge in [0.05, 0.1) is 27.9 Å². The number of amides is 1. The largest absolute Gasteiger partial charge is 0.462 e. The average Bonchev–Trinajstić information content (AvgIpc) is 2.64. The van der Waals surface area contributed by atoms with Gasteiger partial charge in [-0.05, 0) is 55.3 Å². The summed E-state index contributed by atoms with van der Waals surface area (Å²) in [5.74, 6) is -0.863. The SMILES string of the molecule is CCOC(=O)c1cc(N(C)C)ccc1NC(=O)C=C(C)c1ccc(Cl)c(Cl)c1. The first kappa shape index (κ1) is 21.8. The molecule has 7 heteroatoms. The molecule has 2 aromatic rings. The number of hydrogen-bond acceptors (Lipinski definition) is 4.